The van der Waals surface area contributed by atoms with Gasteiger partial charge in [-0.1, -0.05) is 24.5 Å². The molecule has 1 aliphatic heterocycles. The lowest BCUT2D eigenvalue weighted by molar-refractivity contribution is -0.0994. The molecule has 0 aromatic carbocycles. The molecule has 4 heteroatoms. The standard InChI is InChI=1S/C23H31ClOS2/c1-2-21-8-5-18-17-6-10-23(26-13-14-27-23)15-16(17)3-4-19(18)20(21)7-9-22(21,25)11-12-24/h15,17-20,25H,2-10,13-14H2,1H3/t17-,18+,19+,20-,21-,22+/m0/s1. The quantitative estimate of drug-likeness (QED) is 0.409. The number of halogens is 1. The summed E-state index contributed by atoms with van der Waals surface area (Å²) in [5.41, 5.74) is 0.912. The van der Waals surface area contributed by atoms with E-state index in [2.05, 4.69) is 47.8 Å². The van der Waals surface area contributed by atoms with Crippen LogP contribution in [0.2, 0.25) is 0 Å². The van der Waals surface area contributed by atoms with E-state index >= 15 is 0 Å². The minimum Gasteiger partial charge on any atom is -0.377 e. The fraction of sp³-hybridized carbons (Fsp3) is 0.826. The molecule has 1 heterocycles. The Morgan fingerprint density at radius 2 is 1.93 bits per heavy atom. The first-order valence-corrected chi connectivity index (χ1v) is 13.3. The highest BCUT2D eigenvalue weighted by Crippen LogP contribution is 2.67. The zero-order valence-corrected chi connectivity index (χ0v) is 18.7. The molecule has 0 unspecified atom stereocenters. The van der Waals surface area contributed by atoms with Crippen LogP contribution in [0.1, 0.15) is 64.7 Å². The maximum absolute atomic E-state index is 11.4. The van der Waals surface area contributed by atoms with Gasteiger partial charge in [0.15, 0.2) is 0 Å². The lowest BCUT2D eigenvalue weighted by Gasteiger charge is -2.56. The molecule has 0 bridgehead atoms. The average molecular weight is 423 g/mol. The third kappa shape index (κ3) is 2.73. The summed E-state index contributed by atoms with van der Waals surface area (Å²) in [6, 6.07) is 0. The van der Waals surface area contributed by atoms with Gasteiger partial charge in [0.1, 0.15) is 5.60 Å². The topological polar surface area (TPSA) is 20.2 Å². The normalized spacial score (nSPS) is 47.4. The SMILES string of the molecule is CC[C@]12CC[C@H]3[C@@H](CCC4=CC5(CC[C@@H]43)SCCS5)[C@@H]1CC[C@@]2(O)C#CCl. The van der Waals surface area contributed by atoms with E-state index in [9.17, 15) is 5.11 Å². The third-order valence-electron chi connectivity index (χ3n) is 8.97. The average Bonchev–Trinajstić information content (AvgIpc) is 3.24. The van der Waals surface area contributed by atoms with Crippen molar-refractivity contribution in [2.45, 2.75) is 74.4 Å². The Kier molecular flexibility index (Phi) is 4.91. The molecule has 27 heavy (non-hydrogen) atoms. The lowest BCUT2D eigenvalue weighted by atomic mass is 9.49. The lowest BCUT2D eigenvalue weighted by Crippen LogP contribution is -2.53. The fourth-order valence-electron chi connectivity index (χ4n) is 7.84. The molecule has 3 saturated carbocycles. The van der Waals surface area contributed by atoms with Gasteiger partial charge in [-0.3, -0.25) is 0 Å². The van der Waals surface area contributed by atoms with Crippen molar-refractivity contribution in [3.63, 3.8) is 0 Å². The van der Waals surface area contributed by atoms with Crippen molar-refractivity contribution < 1.29 is 5.11 Å². The van der Waals surface area contributed by atoms with Crippen LogP contribution in [0.25, 0.3) is 0 Å². The van der Waals surface area contributed by atoms with Crippen molar-refractivity contribution >= 4 is 35.1 Å². The molecule has 0 radical (unpaired) electrons. The number of thioether (sulfide) groups is 2. The molecule has 1 saturated heterocycles. The van der Waals surface area contributed by atoms with Gasteiger partial charge in [-0.2, -0.15) is 0 Å². The van der Waals surface area contributed by atoms with Crippen molar-refractivity contribution in [1.82, 2.24) is 0 Å². The molecule has 1 N–H and O–H groups in total. The zero-order chi connectivity index (χ0) is 18.7. The predicted octanol–water partition coefficient (Wildman–Crippen LogP) is 6.06. The number of hydrogen-bond donors (Lipinski definition) is 1. The van der Waals surface area contributed by atoms with Crippen molar-refractivity contribution in [3.8, 4) is 11.3 Å². The summed E-state index contributed by atoms with van der Waals surface area (Å²) in [6.45, 7) is 2.27. The van der Waals surface area contributed by atoms with Gasteiger partial charge >= 0.3 is 0 Å². The number of rotatable bonds is 1. The Hall–Kier alpha value is 0.250. The highest BCUT2D eigenvalue weighted by molar-refractivity contribution is 8.21. The van der Waals surface area contributed by atoms with Gasteiger partial charge in [0, 0.05) is 22.3 Å². The molecular formula is C23H31ClOS2. The van der Waals surface area contributed by atoms with Gasteiger partial charge in [-0.15, -0.1) is 23.5 Å². The Morgan fingerprint density at radius 3 is 2.67 bits per heavy atom. The predicted molar refractivity (Wildman–Crippen MR) is 118 cm³/mol. The second-order valence-electron chi connectivity index (χ2n) is 9.51. The molecule has 6 atom stereocenters. The van der Waals surface area contributed by atoms with Gasteiger partial charge in [-0.05, 0) is 93.1 Å². The summed E-state index contributed by atoms with van der Waals surface area (Å²) in [5.74, 6) is 8.78. The van der Waals surface area contributed by atoms with Crippen LogP contribution in [0.3, 0.4) is 0 Å². The number of allylic oxidation sites excluding steroid dienone is 1. The van der Waals surface area contributed by atoms with Gasteiger partial charge in [0.25, 0.3) is 0 Å². The van der Waals surface area contributed by atoms with Crippen LogP contribution in [0, 0.1) is 40.4 Å². The fourth-order valence-corrected chi connectivity index (χ4v) is 11.2. The molecule has 1 nitrogen and oxygen atoms in total. The molecule has 5 aliphatic rings. The van der Waals surface area contributed by atoms with E-state index in [0.717, 1.165) is 43.4 Å². The van der Waals surface area contributed by atoms with Crippen LogP contribution < -0.4 is 0 Å². The highest BCUT2D eigenvalue weighted by Gasteiger charge is 2.63. The molecule has 4 fully saturated rings. The van der Waals surface area contributed by atoms with E-state index in [1.54, 1.807) is 5.57 Å². The van der Waals surface area contributed by atoms with Gasteiger partial charge < -0.3 is 5.11 Å². The minimum absolute atomic E-state index is 0.0235. The molecule has 4 aliphatic carbocycles. The van der Waals surface area contributed by atoms with E-state index in [1.807, 2.05) is 0 Å². The van der Waals surface area contributed by atoms with Gasteiger partial charge in [-0.25, -0.2) is 0 Å². The van der Waals surface area contributed by atoms with Crippen molar-refractivity contribution in [3.05, 3.63) is 11.6 Å². The van der Waals surface area contributed by atoms with Gasteiger partial charge in [0.05, 0.1) is 4.08 Å². The summed E-state index contributed by atoms with van der Waals surface area (Å²) < 4.78 is 0.421. The second kappa shape index (κ2) is 6.90. The molecule has 148 valence electrons. The summed E-state index contributed by atoms with van der Waals surface area (Å²) in [6.07, 6.45) is 13.5. The summed E-state index contributed by atoms with van der Waals surface area (Å²) in [5, 5.41) is 14.0. The Labute approximate surface area is 177 Å². The Balaban J connectivity index is 1.44. The smallest absolute Gasteiger partial charge is 0.132 e. The monoisotopic (exact) mass is 422 g/mol. The van der Waals surface area contributed by atoms with Crippen LogP contribution in [-0.2, 0) is 0 Å². The molecule has 0 amide bonds. The van der Waals surface area contributed by atoms with E-state index in [-0.39, 0.29) is 5.41 Å². The number of aliphatic hydroxyl groups is 1. The van der Waals surface area contributed by atoms with E-state index in [0.29, 0.717) is 10.00 Å². The van der Waals surface area contributed by atoms with Crippen LogP contribution >= 0.6 is 35.1 Å². The van der Waals surface area contributed by atoms with E-state index in [1.165, 1.54) is 43.6 Å². The molecule has 5 rings (SSSR count). The molecule has 0 aromatic heterocycles. The zero-order valence-electron chi connectivity index (χ0n) is 16.3. The first-order valence-electron chi connectivity index (χ1n) is 10.9. The Morgan fingerprint density at radius 1 is 1.11 bits per heavy atom. The molecule has 1 spiro atoms. The van der Waals surface area contributed by atoms with E-state index < -0.39 is 5.60 Å². The van der Waals surface area contributed by atoms with E-state index in [4.69, 9.17) is 11.6 Å². The third-order valence-corrected chi connectivity index (χ3v) is 12.5. The second-order valence-corrected chi connectivity index (χ2v) is 12.8. The first kappa shape index (κ1) is 19.2. The summed E-state index contributed by atoms with van der Waals surface area (Å²) in [4.78, 5) is 0. The highest BCUT2D eigenvalue weighted by atomic mass is 35.5. The van der Waals surface area contributed by atoms with Crippen LogP contribution in [0.4, 0.5) is 0 Å². The van der Waals surface area contributed by atoms with Crippen LogP contribution in [0.5, 0.6) is 0 Å². The van der Waals surface area contributed by atoms with Gasteiger partial charge in [0.2, 0.25) is 0 Å². The summed E-state index contributed by atoms with van der Waals surface area (Å²) >= 11 is 10.2. The Bertz CT molecular complexity index is 703. The van der Waals surface area contributed by atoms with Crippen molar-refractivity contribution in [1.29, 1.82) is 0 Å². The van der Waals surface area contributed by atoms with Crippen LogP contribution in [0.15, 0.2) is 11.6 Å². The number of hydrogen-bond acceptors (Lipinski definition) is 3. The maximum Gasteiger partial charge on any atom is 0.132 e. The summed E-state index contributed by atoms with van der Waals surface area (Å²) in [7, 11) is 0. The molecular weight excluding hydrogens is 392 g/mol. The van der Waals surface area contributed by atoms with Crippen molar-refractivity contribution in [2.75, 3.05) is 11.5 Å². The van der Waals surface area contributed by atoms with Crippen LogP contribution in [-0.4, -0.2) is 26.3 Å². The maximum atomic E-state index is 11.4. The van der Waals surface area contributed by atoms with Crippen molar-refractivity contribution in [2.24, 2.45) is 29.1 Å². The largest absolute Gasteiger partial charge is 0.377 e. The number of fused-ring (bicyclic) bond motifs is 5. The first-order chi connectivity index (χ1) is 13.1. The minimum atomic E-state index is -0.858. The molecule has 0 aromatic rings.